The van der Waals surface area contributed by atoms with Crippen LogP contribution in [0.25, 0.3) is 27.6 Å². The first-order chi connectivity index (χ1) is 11.0. The van der Waals surface area contributed by atoms with Crippen molar-refractivity contribution in [1.82, 2.24) is 0 Å². The summed E-state index contributed by atoms with van der Waals surface area (Å²) in [6, 6.07) is 15.0. The monoisotopic (exact) mass is 303 g/mol. The molecule has 0 aromatic heterocycles. The zero-order valence-corrected chi connectivity index (χ0v) is 11.8. The summed E-state index contributed by atoms with van der Waals surface area (Å²) >= 11 is 0. The number of allylic oxidation sites excluding steroid dienone is 1. The number of rotatable bonds is 1. The molecule has 0 aliphatic heterocycles. The molecule has 3 aromatic carbocycles. The maximum absolute atomic E-state index is 12.1. The van der Waals surface area contributed by atoms with Gasteiger partial charge in [-0.25, -0.2) is 0 Å². The minimum absolute atomic E-state index is 0.211. The summed E-state index contributed by atoms with van der Waals surface area (Å²) < 4.78 is 0. The molecular formula is C18H9NO4. The van der Waals surface area contributed by atoms with E-state index in [4.69, 9.17) is 0 Å². The van der Waals surface area contributed by atoms with Crippen molar-refractivity contribution in [2.45, 2.75) is 0 Å². The maximum atomic E-state index is 12.1. The fraction of sp³-hybridized carbons (Fsp3) is 0. The fourth-order valence-corrected chi connectivity index (χ4v) is 2.91. The van der Waals surface area contributed by atoms with E-state index in [1.807, 2.05) is 36.4 Å². The van der Waals surface area contributed by atoms with E-state index in [0.717, 1.165) is 21.5 Å². The van der Waals surface area contributed by atoms with Gasteiger partial charge in [-0.15, -0.1) is 0 Å². The minimum atomic E-state index is -1.07. The van der Waals surface area contributed by atoms with Gasteiger partial charge in [-0.3, -0.25) is 19.7 Å². The molecule has 3 aromatic rings. The zero-order chi connectivity index (χ0) is 16.1. The second-order valence-corrected chi connectivity index (χ2v) is 5.43. The van der Waals surface area contributed by atoms with E-state index in [2.05, 4.69) is 0 Å². The number of carbonyl (C=O) groups excluding carboxylic acids is 2. The van der Waals surface area contributed by atoms with Crippen molar-refractivity contribution >= 4 is 39.2 Å². The van der Waals surface area contributed by atoms with Gasteiger partial charge in [0, 0.05) is 11.6 Å². The van der Waals surface area contributed by atoms with Crippen molar-refractivity contribution in [3.8, 4) is 0 Å². The number of Topliss-reactive ketones (excluding diaryl/α,β-unsaturated/α-hetero) is 2. The van der Waals surface area contributed by atoms with Crippen molar-refractivity contribution in [3.63, 3.8) is 0 Å². The highest BCUT2D eigenvalue weighted by Crippen LogP contribution is 2.30. The largest absolute Gasteiger partial charge is 0.321 e. The lowest BCUT2D eigenvalue weighted by Gasteiger charge is -2.12. The van der Waals surface area contributed by atoms with Crippen LogP contribution in [0.3, 0.4) is 0 Å². The second-order valence-electron chi connectivity index (χ2n) is 5.43. The summed E-state index contributed by atoms with van der Waals surface area (Å²) in [5, 5.41) is 14.7. The molecule has 1 aliphatic carbocycles. The van der Waals surface area contributed by atoms with Crippen LogP contribution in [0.15, 0.2) is 54.2 Å². The van der Waals surface area contributed by atoms with Gasteiger partial charge in [0.25, 0.3) is 0 Å². The Morgan fingerprint density at radius 2 is 1.39 bits per heavy atom. The average Bonchev–Trinajstić information content (AvgIpc) is 2.54. The molecule has 0 fully saturated rings. The van der Waals surface area contributed by atoms with Crippen LogP contribution in [0, 0.1) is 10.1 Å². The predicted molar refractivity (Wildman–Crippen MR) is 85.8 cm³/mol. The van der Waals surface area contributed by atoms with E-state index in [1.54, 1.807) is 12.1 Å². The van der Waals surface area contributed by atoms with Crippen molar-refractivity contribution < 1.29 is 14.5 Å². The van der Waals surface area contributed by atoms with Gasteiger partial charge in [0.2, 0.25) is 5.78 Å². The molecular weight excluding hydrogens is 294 g/mol. The Morgan fingerprint density at radius 1 is 0.783 bits per heavy atom. The molecule has 5 nitrogen and oxygen atoms in total. The number of ketones is 2. The Hall–Kier alpha value is -3.34. The SMILES string of the molecule is O=C1C(=O)c2cc3cc4ccccc4cc3cc2C=C1[N+](=O)[O-]. The summed E-state index contributed by atoms with van der Waals surface area (Å²) in [7, 11) is 0. The number of hydrogen-bond acceptors (Lipinski definition) is 4. The summed E-state index contributed by atoms with van der Waals surface area (Å²) in [4.78, 5) is 34.1. The van der Waals surface area contributed by atoms with Gasteiger partial charge in [-0.2, -0.15) is 0 Å². The Kier molecular flexibility index (Phi) is 2.65. The summed E-state index contributed by atoms with van der Waals surface area (Å²) in [5.74, 6) is -1.90. The molecule has 0 heterocycles. The molecule has 0 spiro atoms. The van der Waals surface area contributed by atoms with Crippen LogP contribution in [0.2, 0.25) is 0 Å². The van der Waals surface area contributed by atoms with Crippen LogP contribution in [0.1, 0.15) is 15.9 Å². The highest BCUT2D eigenvalue weighted by Gasteiger charge is 2.35. The molecule has 0 unspecified atom stereocenters. The normalized spacial score (nSPS) is 14.0. The lowest BCUT2D eigenvalue weighted by atomic mass is 9.90. The molecule has 0 amide bonds. The molecule has 1 aliphatic rings. The topological polar surface area (TPSA) is 77.3 Å². The van der Waals surface area contributed by atoms with Crippen molar-refractivity contribution in [1.29, 1.82) is 0 Å². The zero-order valence-electron chi connectivity index (χ0n) is 11.8. The minimum Gasteiger partial charge on any atom is -0.285 e. The standard InChI is InChI=1S/C18H9NO4/c20-17-15-8-13-6-11-4-2-1-3-10(11)5-12(13)7-14(15)9-16(18(17)21)19(22)23/h1-9H. The van der Waals surface area contributed by atoms with E-state index in [-0.39, 0.29) is 5.56 Å². The third kappa shape index (κ3) is 1.94. The van der Waals surface area contributed by atoms with Crippen LogP contribution in [-0.2, 0) is 4.79 Å². The molecule has 23 heavy (non-hydrogen) atoms. The molecule has 0 saturated heterocycles. The number of hydrogen-bond donors (Lipinski definition) is 0. The Bertz CT molecular complexity index is 1080. The Labute approximate surface area is 130 Å². The van der Waals surface area contributed by atoms with Crippen molar-refractivity contribution in [2.75, 3.05) is 0 Å². The first-order valence-corrected chi connectivity index (χ1v) is 6.96. The van der Waals surface area contributed by atoms with Crippen LogP contribution >= 0.6 is 0 Å². The van der Waals surface area contributed by atoms with Crippen molar-refractivity contribution in [3.05, 3.63) is 75.5 Å². The van der Waals surface area contributed by atoms with Gasteiger partial charge in [0.15, 0.2) is 0 Å². The van der Waals surface area contributed by atoms with Gasteiger partial charge < -0.3 is 0 Å². The summed E-state index contributed by atoms with van der Waals surface area (Å²) in [6.07, 6.45) is 1.17. The van der Waals surface area contributed by atoms with Gasteiger partial charge in [0.1, 0.15) is 0 Å². The lowest BCUT2D eigenvalue weighted by Crippen LogP contribution is -2.25. The number of nitro groups is 1. The first kappa shape index (κ1) is 13.3. The third-order valence-electron chi connectivity index (χ3n) is 4.05. The Morgan fingerprint density at radius 3 is 2.00 bits per heavy atom. The van der Waals surface area contributed by atoms with E-state index < -0.39 is 22.2 Å². The van der Waals surface area contributed by atoms with E-state index >= 15 is 0 Å². The highest BCUT2D eigenvalue weighted by molar-refractivity contribution is 6.51. The van der Waals surface area contributed by atoms with E-state index in [9.17, 15) is 19.7 Å². The van der Waals surface area contributed by atoms with Crippen LogP contribution in [-0.4, -0.2) is 16.5 Å². The number of nitrogens with zero attached hydrogens (tertiary/aromatic N) is 1. The van der Waals surface area contributed by atoms with Gasteiger partial charge in [-0.05, 0) is 51.4 Å². The van der Waals surface area contributed by atoms with E-state index in [1.165, 1.54) is 6.08 Å². The third-order valence-corrected chi connectivity index (χ3v) is 4.05. The smallest absolute Gasteiger partial charge is 0.285 e. The summed E-state index contributed by atoms with van der Waals surface area (Å²) in [6.45, 7) is 0. The maximum Gasteiger partial charge on any atom is 0.321 e. The van der Waals surface area contributed by atoms with Gasteiger partial charge in [-0.1, -0.05) is 24.3 Å². The summed E-state index contributed by atoms with van der Waals surface area (Å²) in [5.41, 5.74) is -0.0601. The molecule has 110 valence electrons. The number of carbonyl (C=O) groups is 2. The quantitative estimate of drug-likeness (QED) is 0.299. The van der Waals surface area contributed by atoms with Crippen LogP contribution < -0.4 is 0 Å². The number of fused-ring (bicyclic) bond motifs is 3. The highest BCUT2D eigenvalue weighted by atomic mass is 16.6. The number of benzene rings is 3. The van der Waals surface area contributed by atoms with Gasteiger partial charge in [0.05, 0.1) is 4.92 Å². The molecule has 0 radical (unpaired) electrons. The molecule has 0 bridgehead atoms. The second kappa shape index (κ2) is 4.58. The molecule has 0 N–H and O–H groups in total. The fourth-order valence-electron chi connectivity index (χ4n) is 2.91. The predicted octanol–water partition coefficient (Wildman–Crippen LogP) is 3.38. The van der Waals surface area contributed by atoms with Gasteiger partial charge >= 0.3 is 11.5 Å². The molecule has 5 heteroatoms. The van der Waals surface area contributed by atoms with Crippen LogP contribution in [0.4, 0.5) is 0 Å². The first-order valence-electron chi connectivity index (χ1n) is 6.96. The van der Waals surface area contributed by atoms with Crippen LogP contribution in [0.5, 0.6) is 0 Å². The average molecular weight is 303 g/mol. The molecule has 4 rings (SSSR count). The molecule has 0 saturated carbocycles. The lowest BCUT2D eigenvalue weighted by molar-refractivity contribution is -0.416. The van der Waals surface area contributed by atoms with Crippen molar-refractivity contribution in [2.24, 2.45) is 0 Å². The van der Waals surface area contributed by atoms with E-state index in [0.29, 0.717) is 5.56 Å². The molecule has 0 atom stereocenters. The Balaban J connectivity index is 2.05.